The molecule has 0 atom stereocenters. The van der Waals surface area contributed by atoms with Crippen molar-refractivity contribution < 1.29 is 19.0 Å². The molecule has 0 spiro atoms. The molecule has 130 valence electrons. The predicted molar refractivity (Wildman–Crippen MR) is 95.7 cm³/mol. The molecule has 0 bridgehead atoms. The number of carbonyl (C=O) groups is 1. The summed E-state index contributed by atoms with van der Waals surface area (Å²) in [7, 11) is 1.59. The molecule has 2 aromatic carbocycles. The molecule has 0 saturated heterocycles. The molecular formula is C20H21NO4. The minimum atomic E-state index is -0.359. The summed E-state index contributed by atoms with van der Waals surface area (Å²) < 4.78 is 18.1. The summed E-state index contributed by atoms with van der Waals surface area (Å²) in [5.41, 5.74) is 2.44. The molecular weight excluding hydrogens is 318 g/mol. The zero-order chi connectivity index (χ0) is 17.6. The van der Waals surface area contributed by atoms with Crippen LogP contribution in [0.3, 0.4) is 0 Å². The Balaban J connectivity index is 1.90. The SMILES string of the molecule is CCOC(=O)c1cc2ccc(OCc3ccccc3)cc2n1COC. The fourth-order valence-corrected chi connectivity index (χ4v) is 2.71. The molecule has 5 nitrogen and oxygen atoms in total. The third-order valence-corrected chi connectivity index (χ3v) is 3.87. The van der Waals surface area contributed by atoms with Crippen molar-refractivity contribution in [1.29, 1.82) is 0 Å². The normalized spacial score (nSPS) is 10.8. The lowest BCUT2D eigenvalue weighted by molar-refractivity contribution is 0.0496. The first-order chi connectivity index (χ1) is 12.2. The van der Waals surface area contributed by atoms with E-state index in [-0.39, 0.29) is 12.7 Å². The standard InChI is InChI=1S/C20H21NO4/c1-3-24-20(22)19-11-16-9-10-17(12-18(16)21(19)14-23-2)25-13-15-7-5-4-6-8-15/h4-12H,3,13-14H2,1-2H3. The van der Waals surface area contributed by atoms with Crippen LogP contribution in [0.5, 0.6) is 5.75 Å². The van der Waals surface area contributed by atoms with Crippen molar-refractivity contribution in [3.05, 3.63) is 65.9 Å². The number of fused-ring (bicyclic) bond motifs is 1. The molecule has 0 amide bonds. The van der Waals surface area contributed by atoms with Crippen LogP contribution >= 0.6 is 0 Å². The van der Waals surface area contributed by atoms with E-state index in [1.54, 1.807) is 18.6 Å². The monoisotopic (exact) mass is 339 g/mol. The third kappa shape index (κ3) is 3.83. The number of aromatic nitrogens is 1. The Morgan fingerprint density at radius 2 is 1.88 bits per heavy atom. The van der Waals surface area contributed by atoms with Gasteiger partial charge in [0.2, 0.25) is 0 Å². The maximum Gasteiger partial charge on any atom is 0.355 e. The summed E-state index contributed by atoms with van der Waals surface area (Å²) >= 11 is 0. The van der Waals surface area contributed by atoms with Crippen molar-refractivity contribution in [2.75, 3.05) is 13.7 Å². The highest BCUT2D eigenvalue weighted by Gasteiger charge is 2.17. The van der Waals surface area contributed by atoms with Gasteiger partial charge >= 0.3 is 5.97 Å². The van der Waals surface area contributed by atoms with Crippen molar-refractivity contribution in [3.63, 3.8) is 0 Å². The number of ether oxygens (including phenoxy) is 3. The number of esters is 1. The third-order valence-electron chi connectivity index (χ3n) is 3.87. The molecule has 0 radical (unpaired) electrons. The minimum Gasteiger partial charge on any atom is -0.489 e. The molecule has 3 aromatic rings. The van der Waals surface area contributed by atoms with Gasteiger partial charge in [-0.3, -0.25) is 0 Å². The van der Waals surface area contributed by atoms with Gasteiger partial charge in [0.15, 0.2) is 0 Å². The number of methoxy groups -OCH3 is 1. The Labute approximate surface area is 146 Å². The average Bonchev–Trinajstić information content (AvgIpc) is 2.99. The summed E-state index contributed by atoms with van der Waals surface area (Å²) in [4.78, 5) is 12.2. The Hall–Kier alpha value is -2.79. The van der Waals surface area contributed by atoms with E-state index in [1.165, 1.54) is 0 Å². The van der Waals surface area contributed by atoms with Gasteiger partial charge in [-0.1, -0.05) is 30.3 Å². The van der Waals surface area contributed by atoms with Crippen LogP contribution in [0.1, 0.15) is 23.0 Å². The first-order valence-corrected chi connectivity index (χ1v) is 8.19. The van der Waals surface area contributed by atoms with Gasteiger partial charge in [-0.25, -0.2) is 4.79 Å². The fraction of sp³-hybridized carbons (Fsp3) is 0.250. The molecule has 0 unspecified atom stereocenters. The van der Waals surface area contributed by atoms with Gasteiger partial charge < -0.3 is 18.8 Å². The molecule has 0 aliphatic rings. The highest BCUT2D eigenvalue weighted by atomic mass is 16.5. The van der Waals surface area contributed by atoms with Crippen LogP contribution in [-0.4, -0.2) is 24.3 Å². The summed E-state index contributed by atoms with van der Waals surface area (Å²) in [5.74, 6) is 0.379. The van der Waals surface area contributed by atoms with E-state index in [9.17, 15) is 4.79 Å². The number of hydrogen-bond acceptors (Lipinski definition) is 4. The Bertz CT molecular complexity index is 855. The maximum atomic E-state index is 12.2. The topological polar surface area (TPSA) is 49.7 Å². The highest BCUT2D eigenvalue weighted by molar-refractivity contribution is 5.96. The van der Waals surface area contributed by atoms with Crippen LogP contribution in [0.25, 0.3) is 10.9 Å². The highest BCUT2D eigenvalue weighted by Crippen LogP contribution is 2.26. The Morgan fingerprint density at radius 1 is 1.08 bits per heavy atom. The molecule has 0 aliphatic heterocycles. The number of carbonyl (C=O) groups excluding carboxylic acids is 1. The fourth-order valence-electron chi connectivity index (χ4n) is 2.71. The second-order valence-electron chi connectivity index (χ2n) is 5.59. The van der Waals surface area contributed by atoms with E-state index in [0.717, 1.165) is 22.2 Å². The zero-order valence-electron chi connectivity index (χ0n) is 14.4. The lowest BCUT2D eigenvalue weighted by Crippen LogP contribution is -2.13. The first kappa shape index (κ1) is 17.0. The first-order valence-electron chi connectivity index (χ1n) is 8.19. The van der Waals surface area contributed by atoms with E-state index in [1.807, 2.05) is 54.6 Å². The molecule has 0 N–H and O–H groups in total. The van der Waals surface area contributed by atoms with Crippen LogP contribution in [0.2, 0.25) is 0 Å². The molecule has 3 rings (SSSR count). The van der Waals surface area contributed by atoms with Crippen LogP contribution < -0.4 is 4.74 Å². The summed E-state index contributed by atoms with van der Waals surface area (Å²) in [6, 6.07) is 17.5. The molecule has 1 heterocycles. The summed E-state index contributed by atoms with van der Waals surface area (Å²) in [6.45, 7) is 2.87. The van der Waals surface area contributed by atoms with E-state index in [4.69, 9.17) is 14.2 Å². The van der Waals surface area contributed by atoms with Gasteiger partial charge in [0.1, 0.15) is 24.8 Å². The second kappa shape index (κ2) is 7.85. The summed E-state index contributed by atoms with van der Waals surface area (Å²) in [5, 5.41) is 0.937. The molecule has 5 heteroatoms. The van der Waals surface area contributed by atoms with Crippen LogP contribution in [0.15, 0.2) is 54.6 Å². The quantitative estimate of drug-likeness (QED) is 0.611. The van der Waals surface area contributed by atoms with E-state index in [2.05, 4.69) is 0 Å². The predicted octanol–water partition coefficient (Wildman–Crippen LogP) is 4.00. The number of nitrogens with zero attached hydrogens (tertiary/aromatic N) is 1. The molecule has 0 fully saturated rings. The average molecular weight is 339 g/mol. The van der Waals surface area contributed by atoms with Gasteiger partial charge in [-0.15, -0.1) is 0 Å². The Kier molecular flexibility index (Phi) is 5.36. The number of hydrogen-bond donors (Lipinski definition) is 0. The maximum absolute atomic E-state index is 12.2. The van der Waals surface area contributed by atoms with Crippen LogP contribution in [-0.2, 0) is 22.8 Å². The van der Waals surface area contributed by atoms with Crippen molar-refractivity contribution in [2.45, 2.75) is 20.3 Å². The smallest absolute Gasteiger partial charge is 0.355 e. The minimum absolute atomic E-state index is 0.264. The van der Waals surface area contributed by atoms with E-state index in [0.29, 0.717) is 18.9 Å². The molecule has 0 saturated carbocycles. The van der Waals surface area contributed by atoms with Gasteiger partial charge in [0, 0.05) is 18.6 Å². The van der Waals surface area contributed by atoms with Crippen molar-refractivity contribution >= 4 is 16.9 Å². The van der Waals surface area contributed by atoms with Gasteiger partial charge in [0.05, 0.1) is 12.1 Å². The van der Waals surface area contributed by atoms with Crippen LogP contribution in [0, 0.1) is 0 Å². The van der Waals surface area contributed by atoms with Crippen molar-refractivity contribution in [2.24, 2.45) is 0 Å². The Morgan fingerprint density at radius 3 is 2.60 bits per heavy atom. The van der Waals surface area contributed by atoms with E-state index < -0.39 is 0 Å². The lowest BCUT2D eigenvalue weighted by atomic mass is 10.2. The molecule has 1 aromatic heterocycles. The summed E-state index contributed by atoms with van der Waals surface area (Å²) in [6.07, 6.45) is 0. The lowest BCUT2D eigenvalue weighted by Gasteiger charge is -2.10. The second-order valence-corrected chi connectivity index (χ2v) is 5.59. The largest absolute Gasteiger partial charge is 0.489 e. The molecule has 0 aliphatic carbocycles. The van der Waals surface area contributed by atoms with Crippen LogP contribution in [0.4, 0.5) is 0 Å². The number of benzene rings is 2. The van der Waals surface area contributed by atoms with Gasteiger partial charge in [-0.05, 0) is 30.7 Å². The zero-order valence-corrected chi connectivity index (χ0v) is 14.4. The van der Waals surface area contributed by atoms with Gasteiger partial charge in [0.25, 0.3) is 0 Å². The van der Waals surface area contributed by atoms with E-state index >= 15 is 0 Å². The van der Waals surface area contributed by atoms with Gasteiger partial charge in [-0.2, -0.15) is 0 Å². The van der Waals surface area contributed by atoms with Crippen molar-refractivity contribution in [3.8, 4) is 5.75 Å². The molecule has 25 heavy (non-hydrogen) atoms. The number of rotatable bonds is 7. The van der Waals surface area contributed by atoms with Crippen molar-refractivity contribution in [1.82, 2.24) is 4.57 Å².